The second-order valence-corrected chi connectivity index (χ2v) is 3.08. The Morgan fingerprint density at radius 2 is 1.75 bits per heavy atom. The van der Waals surface area contributed by atoms with Crippen molar-refractivity contribution in [1.29, 1.82) is 0 Å². The van der Waals surface area contributed by atoms with E-state index < -0.39 is 31.0 Å². The van der Waals surface area contributed by atoms with Crippen molar-refractivity contribution in [1.82, 2.24) is 0 Å². The third-order valence-corrected chi connectivity index (χ3v) is 1.66. The van der Waals surface area contributed by atoms with Crippen LogP contribution in [0, 0.1) is 0 Å². The van der Waals surface area contributed by atoms with Gasteiger partial charge in [-0.15, -0.1) is 0 Å². The Balaban J connectivity index is 4.11. The van der Waals surface area contributed by atoms with Crippen molar-refractivity contribution >= 4 is 6.16 Å². The Kier molecular flexibility index (Phi) is 4.95. The van der Waals surface area contributed by atoms with E-state index in [0.717, 1.165) is 0 Å². The monoisotopic (exact) mass is 250 g/mol. The summed E-state index contributed by atoms with van der Waals surface area (Å²) in [6.45, 7) is 1.01. The van der Waals surface area contributed by atoms with Gasteiger partial charge in [0.1, 0.15) is 6.10 Å². The fourth-order valence-corrected chi connectivity index (χ4v) is 0.513. The van der Waals surface area contributed by atoms with E-state index in [0.29, 0.717) is 6.42 Å². The van der Waals surface area contributed by atoms with E-state index in [1.165, 1.54) is 6.92 Å². The quantitative estimate of drug-likeness (QED) is 0.568. The predicted octanol–water partition coefficient (Wildman–Crippen LogP) is 3.14. The molecule has 0 fully saturated rings. The van der Waals surface area contributed by atoms with Gasteiger partial charge in [0.15, 0.2) is 6.61 Å². The molecule has 3 nitrogen and oxygen atoms in total. The maximum atomic E-state index is 12.3. The van der Waals surface area contributed by atoms with Crippen molar-refractivity contribution in [2.75, 3.05) is 6.61 Å². The minimum atomic E-state index is -5.75. The SMILES string of the molecule is CC[C@@H](C)OC(=O)OCC(F)(F)C(F)(F)F. The van der Waals surface area contributed by atoms with Crippen molar-refractivity contribution in [3.63, 3.8) is 0 Å². The zero-order valence-corrected chi connectivity index (χ0v) is 8.61. The molecule has 0 aliphatic carbocycles. The average molecular weight is 250 g/mol. The van der Waals surface area contributed by atoms with Crippen LogP contribution >= 0.6 is 0 Å². The van der Waals surface area contributed by atoms with E-state index in [9.17, 15) is 26.7 Å². The molecule has 0 bridgehead atoms. The molecule has 0 aromatic carbocycles. The summed E-state index contributed by atoms with van der Waals surface area (Å²) in [5.41, 5.74) is 0. The van der Waals surface area contributed by atoms with Gasteiger partial charge in [0.2, 0.25) is 0 Å². The van der Waals surface area contributed by atoms with Crippen LogP contribution in [0.25, 0.3) is 0 Å². The number of hydrogen-bond donors (Lipinski definition) is 0. The summed E-state index contributed by atoms with van der Waals surface area (Å²) in [4.78, 5) is 10.6. The normalized spacial score (nSPS) is 14.4. The summed E-state index contributed by atoms with van der Waals surface area (Å²) >= 11 is 0. The first-order valence-electron chi connectivity index (χ1n) is 4.38. The van der Waals surface area contributed by atoms with Gasteiger partial charge < -0.3 is 9.47 Å². The molecule has 0 saturated carbocycles. The van der Waals surface area contributed by atoms with Crippen LogP contribution in [0.1, 0.15) is 20.3 Å². The van der Waals surface area contributed by atoms with Crippen molar-refractivity contribution in [2.24, 2.45) is 0 Å². The number of halogens is 5. The molecule has 0 aliphatic heterocycles. The van der Waals surface area contributed by atoms with Gasteiger partial charge in [-0.2, -0.15) is 22.0 Å². The first kappa shape index (κ1) is 14.9. The van der Waals surface area contributed by atoms with Gasteiger partial charge in [0.05, 0.1) is 0 Å². The molecule has 0 amide bonds. The second kappa shape index (κ2) is 5.31. The van der Waals surface area contributed by atoms with Gasteiger partial charge in [-0.05, 0) is 13.3 Å². The molecule has 0 aromatic rings. The Hall–Kier alpha value is -1.08. The van der Waals surface area contributed by atoms with Crippen LogP contribution in [0.3, 0.4) is 0 Å². The van der Waals surface area contributed by atoms with E-state index in [2.05, 4.69) is 9.47 Å². The maximum Gasteiger partial charge on any atom is 0.508 e. The highest BCUT2D eigenvalue weighted by molar-refractivity contribution is 5.60. The van der Waals surface area contributed by atoms with Crippen LogP contribution in [0.5, 0.6) is 0 Å². The highest BCUT2D eigenvalue weighted by Gasteiger charge is 2.58. The number of ether oxygens (including phenoxy) is 2. The molecule has 0 saturated heterocycles. The molecule has 96 valence electrons. The molecule has 0 aliphatic rings. The standard InChI is InChI=1S/C8H11F5O3/c1-3-5(2)16-6(14)15-4-7(9,10)8(11,12)13/h5H,3-4H2,1-2H3/t5-/m1/s1. The van der Waals surface area contributed by atoms with Gasteiger partial charge in [-0.3, -0.25) is 0 Å². The molecular formula is C8H11F5O3. The average Bonchev–Trinajstić information content (AvgIpc) is 2.13. The van der Waals surface area contributed by atoms with Gasteiger partial charge in [0, 0.05) is 0 Å². The molecule has 1 atom stereocenters. The Morgan fingerprint density at radius 1 is 1.25 bits per heavy atom. The smallest absolute Gasteiger partial charge is 0.431 e. The Labute approximate surface area is 88.5 Å². The van der Waals surface area contributed by atoms with E-state index in [1.807, 2.05) is 0 Å². The van der Waals surface area contributed by atoms with Crippen molar-refractivity contribution < 1.29 is 36.2 Å². The van der Waals surface area contributed by atoms with Gasteiger partial charge in [-0.1, -0.05) is 6.92 Å². The largest absolute Gasteiger partial charge is 0.508 e. The van der Waals surface area contributed by atoms with Crippen LogP contribution in [-0.2, 0) is 9.47 Å². The lowest BCUT2D eigenvalue weighted by atomic mass is 10.3. The molecule has 0 rings (SSSR count). The van der Waals surface area contributed by atoms with Crippen molar-refractivity contribution in [3.05, 3.63) is 0 Å². The highest BCUT2D eigenvalue weighted by Crippen LogP contribution is 2.35. The summed E-state index contributed by atoms with van der Waals surface area (Å²) in [6.07, 6.45) is -7.50. The molecule has 0 unspecified atom stereocenters. The number of alkyl halides is 5. The lowest BCUT2D eigenvalue weighted by molar-refractivity contribution is -0.293. The van der Waals surface area contributed by atoms with Crippen LogP contribution in [0.4, 0.5) is 26.7 Å². The van der Waals surface area contributed by atoms with Gasteiger partial charge >= 0.3 is 18.3 Å². The maximum absolute atomic E-state index is 12.3. The Morgan fingerprint density at radius 3 is 2.12 bits per heavy atom. The second-order valence-electron chi connectivity index (χ2n) is 3.08. The molecule has 0 N–H and O–H groups in total. The fourth-order valence-electron chi connectivity index (χ4n) is 0.513. The van der Waals surface area contributed by atoms with Crippen molar-refractivity contribution in [2.45, 2.75) is 38.5 Å². The summed E-state index contributed by atoms with van der Waals surface area (Å²) in [7, 11) is 0. The summed E-state index contributed by atoms with van der Waals surface area (Å²) in [6, 6.07) is 0. The molecule has 16 heavy (non-hydrogen) atoms. The summed E-state index contributed by atoms with van der Waals surface area (Å²) in [5, 5.41) is 0. The minimum Gasteiger partial charge on any atom is -0.431 e. The van der Waals surface area contributed by atoms with Crippen LogP contribution in [0.2, 0.25) is 0 Å². The zero-order chi connectivity index (χ0) is 13.0. The highest BCUT2D eigenvalue weighted by atomic mass is 19.4. The predicted molar refractivity (Wildman–Crippen MR) is 43.2 cm³/mol. The van der Waals surface area contributed by atoms with Gasteiger partial charge in [-0.25, -0.2) is 4.79 Å². The first-order valence-corrected chi connectivity index (χ1v) is 4.38. The lowest BCUT2D eigenvalue weighted by Crippen LogP contribution is -2.41. The molecule has 0 aromatic heterocycles. The number of rotatable bonds is 4. The molecular weight excluding hydrogens is 239 g/mol. The fraction of sp³-hybridized carbons (Fsp3) is 0.875. The zero-order valence-electron chi connectivity index (χ0n) is 8.61. The third kappa shape index (κ3) is 4.63. The summed E-state index contributed by atoms with van der Waals surface area (Å²) < 4.78 is 67.4. The van der Waals surface area contributed by atoms with Crippen LogP contribution < -0.4 is 0 Å². The molecule has 0 heterocycles. The van der Waals surface area contributed by atoms with E-state index in [1.54, 1.807) is 6.92 Å². The van der Waals surface area contributed by atoms with Crippen molar-refractivity contribution in [3.8, 4) is 0 Å². The number of carbonyl (C=O) groups excluding carboxylic acids is 1. The molecule has 0 radical (unpaired) electrons. The van der Waals surface area contributed by atoms with Gasteiger partial charge in [0.25, 0.3) is 0 Å². The van der Waals surface area contributed by atoms with E-state index in [-0.39, 0.29) is 0 Å². The van der Waals surface area contributed by atoms with E-state index in [4.69, 9.17) is 0 Å². The number of hydrogen-bond acceptors (Lipinski definition) is 3. The number of carbonyl (C=O) groups is 1. The molecule has 8 heteroatoms. The molecule has 0 spiro atoms. The lowest BCUT2D eigenvalue weighted by Gasteiger charge is -2.19. The van der Waals surface area contributed by atoms with Crippen LogP contribution in [0.15, 0.2) is 0 Å². The topological polar surface area (TPSA) is 35.5 Å². The van der Waals surface area contributed by atoms with E-state index >= 15 is 0 Å². The third-order valence-electron chi connectivity index (χ3n) is 1.66. The first-order chi connectivity index (χ1) is 7.10. The summed E-state index contributed by atoms with van der Waals surface area (Å²) in [5.74, 6) is -5.07. The van der Waals surface area contributed by atoms with Crippen LogP contribution in [-0.4, -0.2) is 31.0 Å². The minimum absolute atomic E-state index is 0.394. The Bertz CT molecular complexity index is 238.